The van der Waals surface area contributed by atoms with Gasteiger partial charge in [-0.15, -0.1) is 0 Å². The van der Waals surface area contributed by atoms with Crippen LogP contribution < -0.4 is 26.2 Å². The average Bonchev–Trinajstić information content (AvgIpc) is 3.55. The summed E-state index contributed by atoms with van der Waals surface area (Å²) in [5.41, 5.74) is 23.8. The zero-order valence-corrected chi connectivity index (χ0v) is 41.0. The largest absolute Gasteiger partial charge is 0.311 e. The number of nitrogens with zero attached hydrogens (tertiary/aromatic N) is 2. The lowest BCUT2D eigenvalue weighted by molar-refractivity contribution is 0.332. The van der Waals surface area contributed by atoms with Crippen LogP contribution in [0.4, 0.5) is 34.1 Å². The molecule has 6 aromatic carbocycles. The van der Waals surface area contributed by atoms with Crippen molar-refractivity contribution in [1.82, 2.24) is 0 Å². The van der Waals surface area contributed by atoms with E-state index in [9.17, 15) is 4.11 Å². The van der Waals surface area contributed by atoms with E-state index < -0.39 is 6.85 Å². The standard InChI is InChI=1S/C61H69BN2/c1-36-27-52-55-53(28-36)64(50-32-45-42(29-37(50)2)59(10,11)34-60(45,12)13)51-33-44-43(56(4,5)25-26-57(44,6)7)31-47(51)62(55)46-30-40(39-19-17-16-18-20-39)21-23-49(46)63(52)48-24-22-41-54(38(48)3)61(14,15)35-58(41,8)9/h16-24,27-33H,25-26,34-35H2,1-15H3/i1D3. The van der Waals surface area contributed by atoms with E-state index in [1.165, 1.54) is 72.0 Å². The number of anilines is 6. The highest BCUT2D eigenvalue weighted by Crippen LogP contribution is 2.57. The van der Waals surface area contributed by atoms with E-state index in [1.54, 1.807) is 0 Å². The fourth-order valence-corrected chi connectivity index (χ4v) is 14.4. The number of hydrogen-bond donors (Lipinski definition) is 0. The van der Waals surface area contributed by atoms with Crippen LogP contribution in [0.1, 0.15) is 163 Å². The summed E-state index contributed by atoms with van der Waals surface area (Å²) in [5.74, 6) is 0. The summed E-state index contributed by atoms with van der Waals surface area (Å²) in [4.78, 5) is 4.97. The second kappa shape index (κ2) is 13.1. The van der Waals surface area contributed by atoms with E-state index in [1.807, 2.05) is 12.1 Å². The van der Waals surface area contributed by atoms with Crippen molar-refractivity contribution in [2.75, 3.05) is 9.80 Å². The molecule has 0 saturated carbocycles. The van der Waals surface area contributed by atoms with Gasteiger partial charge in [0.1, 0.15) is 0 Å². The molecule has 0 atom stereocenters. The van der Waals surface area contributed by atoms with Gasteiger partial charge >= 0.3 is 0 Å². The van der Waals surface area contributed by atoms with Gasteiger partial charge in [-0.25, -0.2) is 0 Å². The molecule has 0 bridgehead atoms. The third-order valence-corrected chi connectivity index (χ3v) is 17.0. The van der Waals surface area contributed by atoms with Gasteiger partial charge in [-0.2, -0.15) is 0 Å². The Morgan fingerprint density at radius 2 is 0.984 bits per heavy atom. The second-order valence-electron chi connectivity index (χ2n) is 24.6. The number of fused-ring (bicyclic) bond motifs is 7. The topological polar surface area (TPSA) is 6.48 Å². The van der Waals surface area contributed by atoms with Gasteiger partial charge in [0.15, 0.2) is 0 Å². The predicted molar refractivity (Wildman–Crippen MR) is 277 cm³/mol. The maximum atomic E-state index is 9.18. The molecule has 6 aromatic rings. The molecule has 0 unspecified atom stereocenters. The van der Waals surface area contributed by atoms with Crippen LogP contribution in [-0.2, 0) is 32.5 Å². The molecule has 11 rings (SSSR count). The molecule has 0 saturated heterocycles. The molecule has 3 heteroatoms. The lowest BCUT2D eigenvalue weighted by Crippen LogP contribution is -2.62. The van der Waals surface area contributed by atoms with Gasteiger partial charge in [-0.1, -0.05) is 144 Å². The SMILES string of the molecule is [2H]C([2H])([2H])c1cc2c3c(c1)N(c1ccc4c(c1C)C(C)(C)CC4(C)C)c1ccc(-c4ccccc4)cc1B3c1cc3c(cc1N2c1cc2c(cc1C)C(C)(C)CC2(C)C)C(C)(C)CCC3(C)C. The van der Waals surface area contributed by atoms with E-state index in [2.05, 4.69) is 192 Å². The van der Waals surface area contributed by atoms with Crippen molar-refractivity contribution in [3.63, 3.8) is 0 Å². The molecule has 0 aromatic heterocycles. The van der Waals surface area contributed by atoms with E-state index in [0.717, 1.165) is 59.8 Å². The van der Waals surface area contributed by atoms with Gasteiger partial charge < -0.3 is 9.80 Å². The Morgan fingerprint density at radius 3 is 1.64 bits per heavy atom. The summed E-state index contributed by atoms with van der Waals surface area (Å²) in [5, 5.41) is 0. The van der Waals surface area contributed by atoms with Crippen LogP contribution in [0, 0.1) is 20.7 Å². The van der Waals surface area contributed by atoms with Crippen LogP contribution in [0.2, 0.25) is 0 Å². The van der Waals surface area contributed by atoms with Gasteiger partial charge in [0.05, 0.1) is 0 Å². The number of benzene rings is 6. The van der Waals surface area contributed by atoms with Gasteiger partial charge in [0.2, 0.25) is 0 Å². The van der Waals surface area contributed by atoms with E-state index in [4.69, 9.17) is 0 Å². The molecule has 326 valence electrons. The summed E-state index contributed by atoms with van der Waals surface area (Å²) >= 11 is 0. The lowest BCUT2D eigenvalue weighted by atomic mass is 9.33. The van der Waals surface area contributed by atoms with Gasteiger partial charge in [0.25, 0.3) is 6.71 Å². The van der Waals surface area contributed by atoms with Crippen LogP contribution in [0.25, 0.3) is 11.1 Å². The summed E-state index contributed by atoms with van der Waals surface area (Å²) in [6, 6.07) is 36.7. The smallest absolute Gasteiger partial charge is 0.252 e. The van der Waals surface area contributed by atoms with Crippen LogP contribution in [0.3, 0.4) is 0 Å². The normalized spacial score (nSPS) is 21.4. The highest BCUT2D eigenvalue weighted by Gasteiger charge is 2.49. The van der Waals surface area contributed by atoms with Crippen molar-refractivity contribution >= 4 is 57.2 Å². The maximum absolute atomic E-state index is 9.18. The minimum absolute atomic E-state index is 0.0183. The number of aryl methyl sites for hydroxylation is 2. The van der Waals surface area contributed by atoms with Gasteiger partial charge in [-0.05, 0) is 193 Å². The Labute approximate surface area is 389 Å². The average molecular weight is 844 g/mol. The molecule has 3 aliphatic carbocycles. The van der Waals surface area contributed by atoms with Crippen molar-refractivity contribution in [3.05, 3.63) is 147 Å². The van der Waals surface area contributed by atoms with Crippen LogP contribution in [0.5, 0.6) is 0 Å². The molecule has 0 fully saturated rings. The first kappa shape index (κ1) is 38.3. The minimum atomic E-state index is -2.35. The first-order valence-electron chi connectivity index (χ1n) is 25.6. The molecule has 2 heterocycles. The zero-order chi connectivity index (χ0) is 47.9. The Hall–Kier alpha value is -5.02. The molecular weight excluding hydrogens is 771 g/mol. The molecule has 2 nitrogen and oxygen atoms in total. The summed E-state index contributed by atoms with van der Waals surface area (Å²) in [6.07, 6.45) is 4.36. The summed E-state index contributed by atoms with van der Waals surface area (Å²) in [7, 11) is 0. The molecule has 0 N–H and O–H groups in total. The zero-order valence-electron chi connectivity index (χ0n) is 44.0. The van der Waals surface area contributed by atoms with Crippen LogP contribution >= 0.6 is 0 Å². The van der Waals surface area contributed by atoms with Gasteiger partial charge in [0, 0.05) is 38.2 Å². The summed E-state index contributed by atoms with van der Waals surface area (Å²) < 4.78 is 27.5. The second-order valence-corrected chi connectivity index (χ2v) is 24.6. The van der Waals surface area contributed by atoms with E-state index in [0.29, 0.717) is 5.56 Å². The summed E-state index contributed by atoms with van der Waals surface area (Å²) in [6.45, 7) is 31.0. The third-order valence-electron chi connectivity index (χ3n) is 17.0. The highest BCUT2D eigenvalue weighted by molar-refractivity contribution is 7.00. The Morgan fingerprint density at radius 1 is 0.453 bits per heavy atom. The van der Waals surface area contributed by atoms with Crippen LogP contribution in [-0.4, -0.2) is 6.71 Å². The quantitative estimate of drug-likeness (QED) is 0.164. The first-order chi connectivity index (χ1) is 31.1. The van der Waals surface area contributed by atoms with E-state index >= 15 is 0 Å². The lowest BCUT2D eigenvalue weighted by Gasteiger charge is -2.48. The minimum Gasteiger partial charge on any atom is -0.311 e. The van der Waals surface area contributed by atoms with Crippen molar-refractivity contribution in [3.8, 4) is 11.1 Å². The molecule has 0 amide bonds. The van der Waals surface area contributed by atoms with Gasteiger partial charge in [-0.3, -0.25) is 0 Å². The molecule has 2 aliphatic heterocycles. The van der Waals surface area contributed by atoms with Crippen molar-refractivity contribution in [1.29, 1.82) is 0 Å². The molecule has 5 aliphatic rings. The maximum Gasteiger partial charge on any atom is 0.252 e. The first-order valence-corrected chi connectivity index (χ1v) is 24.1. The van der Waals surface area contributed by atoms with Crippen LogP contribution in [0.15, 0.2) is 97.1 Å². The molecule has 0 radical (unpaired) electrons. The number of rotatable bonds is 3. The fourth-order valence-electron chi connectivity index (χ4n) is 14.4. The molecule has 0 spiro atoms. The monoisotopic (exact) mass is 844 g/mol. The molecule has 64 heavy (non-hydrogen) atoms. The Kier molecular flexibility index (Phi) is 7.82. The Balaban J connectivity index is 1.30. The van der Waals surface area contributed by atoms with E-state index in [-0.39, 0.29) is 39.2 Å². The molecular formula is C61H69BN2. The van der Waals surface area contributed by atoms with Crippen molar-refractivity contribution in [2.45, 2.75) is 162 Å². The highest BCUT2D eigenvalue weighted by atomic mass is 15.2. The third kappa shape index (κ3) is 5.77. The number of hydrogen-bond acceptors (Lipinski definition) is 2. The van der Waals surface area contributed by atoms with Crippen molar-refractivity contribution < 1.29 is 4.11 Å². The van der Waals surface area contributed by atoms with Crippen molar-refractivity contribution in [2.24, 2.45) is 0 Å². The Bertz CT molecular complexity index is 3110. The predicted octanol–water partition coefficient (Wildman–Crippen LogP) is 14.6. The fraction of sp³-hybridized carbons (Fsp3) is 0.410.